The minimum absolute atomic E-state index is 0.179. The quantitative estimate of drug-likeness (QED) is 0.922. The van der Waals surface area contributed by atoms with Crippen molar-refractivity contribution < 1.29 is 9.50 Å². The van der Waals surface area contributed by atoms with Gasteiger partial charge in [-0.2, -0.15) is 0 Å². The van der Waals surface area contributed by atoms with Crippen molar-refractivity contribution in [2.45, 2.75) is 19.4 Å². The number of benzene rings is 1. The van der Waals surface area contributed by atoms with E-state index < -0.39 is 6.10 Å². The molecule has 0 saturated carbocycles. The van der Waals surface area contributed by atoms with Gasteiger partial charge in [0.2, 0.25) is 0 Å². The van der Waals surface area contributed by atoms with Crippen LogP contribution >= 0.6 is 11.6 Å². The first-order valence-corrected chi connectivity index (χ1v) is 5.99. The van der Waals surface area contributed by atoms with E-state index in [4.69, 9.17) is 11.6 Å². The van der Waals surface area contributed by atoms with E-state index >= 15 is 0 Å². The highest BCUT2D eigenvalue weighted by Gasteiger charge is 2.14. The Morgan fingerprint density at radius 2 is 2.17 bits per heavy atom. The molecule has 0 spiro atoms. The molecular formula is C14H13ClFNO. The number of aliphatic hydroxyl groups is 1. The molecular weight excluding hydrogens is 253 g/mol. The number of rotatable bonds is 3. The summed E-state index contributed by atoms with van der Waals surface area (Å²) < 4.78 is 13.6. The summed E-state index contributed by atoms with van der Waals surface area (Å²) in [6.45, 7) is 1.81. The van der Waals surface area contributed by atoms with Gasteiger partial charge in [-0.3, -0.25) is 4.98 Å². The van der Waals surface area contributed by atoms with Gasteiger partial charge in [0.15, 0.2) is 0 Å². The Morgan fingerprint density at radius 1 is 1.39 bits per heavy atom. The molecule has 4 heteroatoms. The first-order valence-electron chi connectivity index (χ1n) is 5.61. The predicted octanol–water partition coefficient (Wildman–Crippen LogP) is 3.46. The topological polar surface area (TPSA) is 33.1 Å². The molecule has 0 aliphatic rings. The second-order valence-corrected chi connectivity index (χ2v) is 4.57. The van der Waals surface area contributed by atoms with Crippen molar-refractivity contribution in [3.63, 3.8) is 0 Å². The second kappa shape index (κ2) is 5.46. The number of hydrogen-bond acceptors (Lipinski definition) is 2. The molecule has 1 N–H and O–H groups in total. The predicted molar refractivity (Wildman–Crippen MR) is 69.0 cm³/mol. The molecule has 0 radical (unpaired) electrons. The monoisotopic (exact) mass is 265 g/mol. The number of aromatic nitrogens is 1. The standard InChI is InChI=1S/C14H13ClFNO/c1-9-12(3-2-6-17-9)14(18)8-10-7-11(15)4-5-13(10)16/h2-7,14,18H,8H2,1H3. The van der Waals surface area contributed by atoms with Gasteiger partial charge >= 0.3 is 0 Å². The van der Waals surface area contributed by atoms with E-state index in [1.807, 2.05) is 6.92 Å². The largest absolute Gasteiger partial charge is 0.388 e. The molecule has 2 nitrogen and oxygen atoms in total. The molecule has 1 atom stereocenters. The normalized spacial score (nSPS) is 12.4. The lowest BCUT2D eigenvalue weighted by molar-refractivity contribution is 0.176. The molecule has 0 aliphatic carbocycles. The van der Waals surface area contributed by atoms with Crippen LogP contribution in [0.4, 0.5) is 4.39 Å². The summed E-state index contributed by atoms with van der Waals surface area (Å²) in [5.74, 6) is -0.361. The van der Waals surface area contributed by atoms with E-state index in [9.17, 15) is 9.50 Å². The van der Waals surface area contributed by atoms with Gasteiger partial charge in [0.25, 0.3) is 0 Å². The smallest absolute Gasteiger partial charge is 0.126 e. The Morgan fingerprint density at radius 3 is 2.89 bits per heavy atom. The van der Waals surface area contributed by atoms with Crippen LogP contribution in [-0.2, 0) is 6.42 Å². The lowest BCUT2D eigenvalue weighted by atomic mass is 10.0. The third kappa shape index (κ3) is 2.86. The van der Waals surface area contributed by atoms with Gasteiger partial charge in [0.1, 0.15) is 5.82 Å². The Kier molecular flexibility index (Phi) is 3.94. The van der Waals surface area contributed by atoms with Gasteiger partial charge in [-0.25, -0.2) is 4.39 Å². The number of nitrogens with zero attached hydrogens (tertiary/aromatic N) is 1. The zero-order valence-corrected chi connectivity index (χ0v) is 10.7. The van der Waals surface area contributed by atoms with Crippen molar-refractivity contribution in [3.8, 4) is 0 Å². The average molecular weight is 266 g/mol. The Labute approximate surface area is 110 Å². The maximum absolute atomic E-state index is 13.6. The van der Waals surface area contributed by atoms with Crippen LogP contribution in [0, 0.1) is 12.7 Å². The maximum Gasteiger partial charge on any atom is 0.126 e. The molecule has 2 rings (SSSR count). The van der Waals surface area contributed by atoms with Crippen LogP contribution in [0.25, 0.3) is 0 Å². The van der Waals surface area contributed by atoms with Crippen molar-refractivity contribution in [2.24, 2.45) is 0 Å². The lowest BCUT2D eigenvalue weighted by Crippen LogP contribution is -2.06. The fraction of sp³-hybridized carbons (Fsp3) is 0.214. The Bertz CT molecular complexity index is 559. The summed E-state index contributed by atoms with van der Waals surface area (Å²) in [6.07, 6.45) is 1.05. The van der Waals surface area contributed by atoms with Crippen LogP contribution in [0.5, 0.6) is 0 Å². The Balaban J connectivity index is 2.24. The molecule has 1 unspecified atom stereocenters. The molecule has 1 aromatic heterocycles. The summed E-state index contributed by atoms with van der Waals surface area (Å²) in [4.78, 5) is 4.10. The van der Waals surface area contributed by atoms with Gasteiger partial charge in [-0.1, -0.05) is 17.7 Å². The molecule has 0 saturated heterocycles. The highest BCUT2D eigenvalue weighted by molar-refractivity contribution is 6.30. The third-order valence-corrected chi connectivity index (χ3v) is 3.06. The molecule has 2 aromatic rings. The highest BCUT2D eigenvalue weighted by Crippen LogP contribution is 2.23. The number of hydrogen-bond donors (Lipinski definition) is 1. The van der Waals surface area contributed by atoms with E-state index in [0.717, 1.165) is 5.69 Å². The average Bonchev–Trinajstić information content (AvgIpc) is 2.34. The van der Waals surface area contributed by atoms with Crippen LogP contribution in [0.15, 0.2) is 36.5 Å². The molecule has 0 amide bonds. The molecule has 1 heterocycles. The SMILES string of the molecule is Cc1ncccc1C(O)Cc1cc(Cl)ccc1F. The van der Waals surface area contributed by atoms with Crippen LogP contribution in [0.2, 0.25) is 5.02 Å². The Hall–Kier alpha value is -1.45. The zero-order valence-electron chi connectivity index (χ0n) is 9.90. The molecule has 0 aliphatic heterocycles. The zero-order chi connectivity index (χ0) is 13.1. The maximum atomic E-state index is 13.6. The minimum atomic E-state index is -0.785. The van der Waals surface area contributed by atoms with Gasteiger partial charge in [0, 0.05) is 28.9 Å². The van der Waals surface area contributed by atoms with Crippen molar-refractivity contribution >= 4 is 11.6 Å². The van der Waals surface area contributed by atoms with Crippen LogP contribution in [0.1, 0.15) is 22.9 Å². The summed E-state index contributed by atoms with van der Waals surface area (Å²) in [7, 11) is 0. The summed E-state index contributed by atoms with van der Waals surface area (Å²) in [5.41, 5.74) is 1.85. The van der Waals surface area contributed by atoms with E-state index in [0.29, 0.717) is 16.1 Å². The summed E-state index contributed by atoms with van der Waals surface area (Å²) in [6, 6.07) is 7.86. The first kappa shape index (κ1) is 13.0. The van der Waals surface area contributed by atoms with E-state index in [2.05, 4.69) is 4.98 Å². The van der Waals surface area contributed by atoms with Gasteiger partial charge in [-0.05, 0) is 36.8 Å². The van der Waals surface area contributed by atoms with Crippen molar-refractivity contribution in [3.05, 3.63) is 64.2 Å². The third-order valence-electron chi connectivity index (χ3n) is 2.83. The summed E-state index contributed by atoms with van der Waals surface area (Å²) >= 11 is 5.82. The van der Waals surface area contributed by atoms with Crippen molar-refractivity contribution in [1.82, 2.24) is 4.98 Å². The molecule has 94 valence electrons. The second-order valence-electron chi connectivity index (χ2n) is 4.13. The minimum Gasteiger partial charge on any atom is -0.388 e. The lowest BCUT2D eigenvalue weighted by Gasteiger charge is -2.13. The van der Waals surface area contributed by atoms with Crippen LogP contribution in [-0.4, -0.2) is 10.1 Å². The number of aryl methyl sites for hydroxylation is 1. The van der Waals surface area contributed by atoms with Gasteiger partial charge in [0.05, 0.1) is 6.10 Å². The van der Waals surface area contributed by atoms with E-state index in [1.165, 1.54) is 18.2 Å². The highest BCUT2D eigenvalue weighted by atomic mass is 35.5. The number of pyridine rings is 1. The molecule has 0 fully saturated rings. The molecule has 0 bridgehead atoms. The number of halogens is 2. The first-order chi connectivity index (χ1) is 8.58. The van der Waals surface area contributed by atoms with Gasteiger partial charge in [-0.15, -0.1) is 0 Å². The molecule has 18 heavy (non-hydrogen) atoms. The van der Waals surface area contributed by atoms with Crippen molar-refractivity contribution in [1.29, 1.82) is 0 Å². The van der Waals surface area contributed by atoms with Crippen molar-refractivity contribution in [2.75, 3.05) is 0 Å². The van der Waals surface area contributed by atoms with Gasteiger partial charge < -0.3 is 5.11 Å². The fourth-order valence-corrected chi connectivity index (χ4v) is 2.06. The fourth-order valence-electron chi connectivity index (χ4n) is 1.87. The summed E-state index contributed by atoms with van der Waals surface area (Å²) in [5, 5.41) is 10.6. The molecule has 1 aromatic carbocycles. The van der Waals surface area contributed by atoms with E-state index in [-0.39, 0.29) is 12.2 Å². The number of aliphatic hydroxyl groups excluding tert-OH is 1. The van der Waals surface area contributed by atoms with E-state index in [1.54, 1.807) is 18.3 Å². The van der Waals surface area contributed by atoms with Crippen LogP contribution < -0.4 is 0 Å². The van der Waals surface area contributed by atoms with Crippen LogP contribution in [0.3, 0.4) is 0 Å².